The van der Waals surface area contributed by atoms with Crippen molar-refractivity contribution in [2.45, 2.75) is 6.92 Å². The van der Waals surface area contributed by atoms with Gasteiger partial charge in [-0.1, -0.05) is 0 Å². The summed E-state index contributed by atoms with van der Waals surface area (Å²) in [6.07, 6.45) is 0.894. The summed E-state index contributed by atoms with van der Waals surface area (Å²) >= 11 is -2.44. The van der Waals surface area contributed by atoms with Crippen LogP contribution in [-0.2, 0) is 16.1 Å². The smallest absolute Gasteiger partial charge is 0.332 e. The zero-order valence-corrected chi connectivity index (χ0v) is 5.97. The van der Waals surface area contributed by atoms with Gasteiger partial charge in [0.1, 0.15) is 0 Å². The van der Waals surface area contributed by atoms with Gasteiger partial charge in [0.15, 0.2) is 0 Å². The Labute approximate surface area is 60.2 Å². The number of carboxylic acid groups (broad SMARTS) is 1. The van der Waals surface area contributed by atoms with Crippen LogP contribution in [0.1, 0.15) is 6.92 Å². The van der Waals surface area contributed by atoms with E-state index in [0.29, 0.717) is 0 Å². The van der Waals surface area contributed by atoms with Crippen molar-refractivity contribution >= 4 is 17.2 Å². The van der Waals surface area contributed by atoms with Crippen LogP contribution in [0.15, 0.2) is 11.8 Å². The Morgan fingerprint density at radius 3 is 2.60 bits per heavy atom. The third-order valence-electron chi connectivity index (χ3n) is 0.709. The number of hydrogen-bond acceptors (Lipinski definition) is 3. The first-order chi connectivity index (χ1) is 4.54. The molecule has 0 fully saturated rings. The third-order valence-corrected chi connectivity index (χ3v) is 1.02. The molecular weight excluding hydrogens is 158 g/mol. The Bertz CT molecular complexity index is 188. The fourth-order valence-corrected chi connectivity index (χ4v) is 0.471. The molecule has 0 saturated heterocycles. The predicted molar refractivity (Wildman–Crippen MR) is 33.4 cm³/mol. The van der Waals surface area contributed by atoms with Crippen molar-refractivity contribution < 1.29 is 18.7 Å². The molecule has 0 rings (SSSR count). The molecule has 0 aromatic rings. The topological polar surface area (TPSA) is 89.5 Å². The number of rotatable bonds is 3. The van der Waals surface area contributed by atoms with Gasteiger partial charge in [-0.25, -0.2) is 4.79 Å². The van der Waals surface area contributed by atoms with Crippen LogP contribution in [0.5, 0.6) is 0 Å². The fourth-order valence-electron chi connectivity index (χ4n) is 0.198. The lowest BCUT2D eigenvalue weighted by Gasteiger charge is -2.02. The van der Waals surface area contributed by atoms with Crippen LogP contribution in [0.25, 0.3) is 0 Å². The summed E-state index contributed by atoms with van der Waals surface area (Å²) in [7, 11) is 0. The quantitative estimate of drug-likeness (QED) is 0.428. The van der Waals surface area contributed by atoms with Gasteiger partial charge in [-0.3, -0.25) is 4.21 Å². The molecule has 5 nitrogen and oxygen atoms in total. The van der Waals surface area contributed by atoms with Crippen molar-refractivity contribution in [3.8, 4) is 0 Å². The lowest BCUT2D eigenvalue weighted by Crippen LogP contribution is -2.10. The first-order valence-electron chi connectivity index (χ1n) is 2.29. The first kappa shape index (κ1) is 9.12. The molecule has 0 aromatic carbocycles. The molecule has 0 bridgehead atoms. The summed E-state index contributed by atoms with van der Waals surface area (Å²) in [6.45, 7) is 1.28. The zero-order valence-electron chi connectivity index (χ0n) is 5.16. The van der Waals surface area contributed by atoms with Gasteiger partial charge in [0.05, 0.1) is 5.57 Å². The minimum absolute atomic E-state index is 0.0656. The summed E-state index contributed by atoms with van der Waals surface area (Å²) in [4.78, 5) is 10.0. The maximum Gasteiger partial charge on any atom is 0.332 e. The molecule has 0 aromatic heterocycles. The van der Waals surface area contributed by atoms with Crippen LogP contribution in [-0.4, -0.2) is 19.8 Å². The van der Waals surface area contributed by atoms with Crippen molar-refractivity contribution in [2.24, 2.45) is 0 Å². The standard InChI is InChI=1S/C4H7NO4S/c1-3(4(6)7)2-5-10(8)9/h2,5H,1H3,(H,6,7)(H,8,9)/p-1. The van der Waals surface area contributed by atoms with Gasteiger partial charge in [0.25, 0.3) is 0 Å². The lowest BCUT2D eigenvalue weighted by molar-refractivity contribution is -0.132. The highest BCUT2D eigenvalue weighted by molar-refractivity contribution is 7.77. The maximum atomic E-state index is 10.0. The minimum Gasteiger partial charge on any atom is -0.755 e. The highest BCUT2D eigenvalue weighted by Gasteiger charge is 1.96. The van der Waals surface area contributed by atoms with Gasteiger partial charge >= 0.3 is 5.97 Å². The number of aliphatic carboxylic acids is 1. The highest BCUT2D eigenvalue weighted by atomic mass is 32.2. The zero-order chi connectivity index (χ0) is 8.15. The van der Waals surface area contributed by atoms with Gasteiger partial charge in [0, 0.05) is 17.5 Å². The van der Waals surface area contributed by atoms with E-state index in [2.05, 4.69) is 0 Å². The van der Waals surface area contributed by atoms with E-state index in [1.54, 1.807) is 4.72 Å². The molecule has 6 heteroatoms. The summed E-state index contributed by atoms with van der Waals surface area (Å²) in [5.74, 6) is -1.15. The molecule has 0 heterocycles. The van der Waals surface area contributed by atoms with E-state index in [1.807, 2.05) is 0 Å². The highest BCUT2D eigenvalue weighted by Crippen LogP contribution is 1.87. The van der Waals surface area contributed by atoms with E-state index in [0.717, 1.165) is 6.20 Å². The van der Waals surface area contributed by atoms with Gasteiger partial charge in [-0.15, -0.1) is 0 Å². The minimum atomic E-state index is -2.44. The van der Waals surface area contributed by atoms with E-state index in [4.69, 9.17) is 5.11 Å². The lowest BCUT2D eigenvalue weighted by atomic mass is 10.3. The van der Waals surface area contributed by atoms with Crippen LogP contribution in [0.4, 0.5) is 0 Å². The van der Waals surface area contributed by atoms with Gasteiger partial charge in [-0.05, 0) is 6.92 Å². The van der Waals surface area contributed by atoms with Crippen molar-refractivity contribution in [1.29, 1.82) is 0 Å². The Kier molecular flexibility index (Phi) is 3.67. The molecule has 58 valence electrons. The number of nitrogens with one attached hydrogen (secondary N) is 1. The molecule has 10 heavy (non-hydrogen) atoms. The SMILES string of the molecule is CC(=CNS(=O)[O-])C(=O)O. The normalized spacial score (nSPS) is 14.4. The average molecular weight is 164 g/mol. The summed E-state index contributed by atoms with van der Waals surface area (Å²) in [5.41, 5.74) is -0.0656. The summed E-state index contributed by atoms with van der Waals surface area (Å²) < 4.78 is 21.4. The van der Waals surface area contributed by atoms with E-state index >= 15 is 0 Å². The molecule has 2 N–H and O–H groups in total. The Hall–Kier alpha value is -0.880. The second kappa shape index (κ2) is 4.02. The second-order valence-corrected chi connectivity index (χ2v) is 2.19. The van der Waals surface area contributed by atoms with Crippen LogP contribution in [0, 0.1) is 0 Å². The Balaban J connectivity index is 3.92. The van der Waals surface area contributed by atoms with E-state index < -0.39 is 17.2 Å². The second-order valence-electron chi connectivity index (χ2n) is 1.49. The molecule has 0 radical (unpaired) electrons. The third kappa shape index (κ3) is 4.04. The maximum absolute atomic E-state index is 10.0. The van der Waals surface area contributed by atoms with Crippen LogP contribution in [0.2, 0.25) is 0 Å². The summed E-state index contributed by atoms with van der Waals surface area (Å²) in [6, 6.07) is 0. The van der Waals surface area contributed by atoms with Crippen molar-refractivity contribution in [3.63, 3.8) is 0 Å². The number of carbonyl (C=O) groups is 1. The molecule has 0 aliphatic carbocycles. The molecule has 0 aliphatic heterocycles. The molecule has 1 atom stereocenters. The first-order valence-corrected chi connectivity index (χ1v) is 3.37. The van der Waals surface area contributed by atoms with Crippen molar-refractivity contribution in [3.05, 3.63) is 11.8 Å². The Morgan fingerprint density at radius 2 is 2.30 bits per heavy atom. The molecular formula is C4H6NO4S-. The van der Waals surface area contributed by atoms with Gasteiger partial charge < -0.3 is 14.4 Å². The molecule has 0 saturated carbocycles. The molecule has 0 spiro atoms. The van der Waals surface area contributed by atoms with Crippen LogP contribution < -0.4 is 4.72 Å². The van der Waals surface area contributed by atoms with E-state index in [1.165, 1.54) is 6.92 Å². The van der Waals surface area contributed by atoms with Crippen molar-refractivity contribution in [2.75, 3.05) is 0 Å². The van der Waals surface area contributed by atoms with E-state index in [9.17, 15) is 13.6 Å². The molecule has 1 unspecified atom stereocenters. The Morgan fingerprint density at radius 1 is 1.80 bits per heavy atom. The molecule has 0 amide bonds. The van der Waals surface area contributed by atoms with Gasteiger partial charge in [-0.2, -0.15) is 0 Å². The number of hydrogen-bond donors (Lipinski definition) is 2. The van der Waals surface area contributed by atoms with E-state index in [-0.39, 0.29) is 5.57 Å². The average Bonchev–Trinajstić information content (AvgIpc) is 1.82. The fraction of sp³-hybridized carbons (Fsp3) is 0.250. The monoisotopic (exact) mass is 164 g/mol. The summed E-state index contributed by atoms with van der Waals surface area (Å²) in [5, 5.41) is 8.19. The molecule has 0 aliphatic rings. The van der Waals surface area contributed by atoms with Crippen molar-refractivity contribution in [1.82, 2.24) is 4.72 Å². The number of carboxylic acids is 1. The van der Waals surface area contributed by atoms with Crippen LogP contribution in [0.3, 0.4) is 0 Å². The van der Waals surface area contributed by atoms with Crippen LogP contribution >= 0.6 is 0 Å². The largest absolute Gasteiger partial charge is 0.755 e. The van der Waals surface area contributed by atoms with Gasteiger partial charge in [0.2, 0.25) is 0 Å². The predicted octanol–water partition coefficient (Wildman–Crippen LogP) is -0.641.